The molecule has 0 atom stereocenters. The van der Waals surface area contributed by atoms with Gasteiger partial charge >= 0.3 is 51.4 Å². The van der Waals surface area contributed by atoms with E-state index in [0.717, 1.165) is 42.5 Å². The molecule has 2 heterocycles. The average Bonchev–Trinajstić information content (AvgIpc) is 3.28. The van der Waals surface area contributed by atoms with Gasteiger partial charge in [-0.15, -0.1) is 0 Å². The number of amides is 2. The molecule has 0 bridgehead atoms. The molecule has 2 aliphatic rings. The Morgan fingerprint density at radius 3 is 2.70 bits per heavy atom. The van der Waals surface area contributed by atoms with Gasteiger partial charge in [0.1, 0.15) is 0 Å². The van der Waals surface area contributed by atoms with Crippen molar-refractivity contribution in [3.8, 4) is 17.0 Å². The number of aryl methyl sites for hydroxylation is 1. The molecule has 33 heavy (non-hydrogen) atoms. The third-order valence-electron chi connectivity index (χ3n) is 6.38. The SMILES string of the molecule is CCN1CCC(S(=O)(=O)[N-]C(=O)Nc2c(-c3ccnc(OC)c3)ccc3c2CCC3)CC1.[K+]. The summed E-state index contributed by atoms with van der Waals surface area (Å²) in [6, 6.07) is 6.80. The van der Waals surface area contributed by atoms with Crippen molar-refractivity contribution in [3.63, 3.8) is 0 Å². The molecule has 1 saturated heterocycles. The Kier molecular flexibility index (Phi) is 9.36. The fourth-order valence-corrected chi connectivity index (χ4v) is 5.81. The normalized spacial score (nSPS) is 16.5. The van der Waals surface area contributed by atoms with Gasteiger partial charge in [0, 0.05) is 12.3 Å². The Balaban J connectivity index is 0.00000306. The van der Waals surface area contributed by atoms with Crippen LogP contribution in [0.25, 0.3) is 15.8 Å². The molecule has 0 spiro atoms. The summed E-state index contributed by atoms with van der Waals surface area (Å²) >= 11 is 0. The van der Waals surface area contributed by atoms with E-state index in [1.54, 1.807) is 19.4 Å². The fourth-order valence-electron chi connectivity index (χ4n) is 4.58. The molecule has 4 rings (SSSR count). The van der Waals surface area contributed by atoms with Gasteiger partial charge in [0.2, 0.25) is 5.88 Å². The van der Waals surface area contributed by atoms with Crippen LogP contribution in [0.15, 0.2) is 30.5 Å². The maximum atomic E-state index is 12.8. The summed E-state index contributed by atoms with van der Waals surface area (Å²) in [5, 5.41) is 2.20. The summed E-state index contributed by atoms with van der Waals surface area (Å²) in [7, 11) is -2.33. The number of piperidine rings is 1. The molecule has 2 aromatic rings. The van der Waals surface area contributed by atoms with E-state index in [1.165, 1.54) is 5.56 Å². The Morgan fingerprint density at radius 1 is 1.24 bits per heavy atom. The summed E-state index contributed by atoms with van der Waals surface area (Å²) in [5.41, 5.74) is 4.45. The van der Waals surface area contributed by atoms with E-state index in [4.69, 9.17) is 4.74 Å². The summed E-state index contributed by atoms with van der Waals surface area (Å²) in [6.07, 6.45) is 5.38. The van der Waals surface area contributed by atoms with Gasteiger partial charge in [0.25, 0.3) is 0 Å². The van der Waals surface area contributed by atoms with Crippen molar-refractivity contribution in [1.29, 1.82) is 0 Å². The number of pyridine rings is 1. The molecule has 1 fully saturated rings. The van der Waals surface area contributed by atoms with Crippen LogP contribution >= 0.6 is 0 Å². The standard InChI is InChI=1S/C23H30N4O4S.K/c1-3-27-13-10-18(11-14-27)32(29,30)26-23(28)25-22-19-6-4-5-16(19)7-8-20(22)17-9-12-24-21(15-17)31-2;/h7-9,12,15,18H,3-6,10-11,13-14H2,1-2H3,(H2,24,25,26,28);/q;+1/p-1. The van der Waals surface area contributed by atoms with Crippen LogP contribution in [0.5, 0.6) is 5.88 Å². The van der Waals surface area contributed by atoms with Crippen LogP contribution in [-0.2, 0) is 22.9 Å². The number of anilines is 1. The third-order valence-corrected chi connectivity index (χ3v) is 8.12. The number of nitrogens with zero attached hydrogens (tertiary/aromatic N) is 3. The topological polar surface area (TPSA) is 103 Å². The smallest absolute Gasteiger partial charge is 0.481 e. The molecule has 2 amide bonds. The number of nitrogens with one attached hydrogen (secondary N) is 1. The number of carbonyl (C=O) groups excluding carboxylic acids is 1. The molecular weight excluding hydrogens is 467 g/mol. The first kappa shape index (κ1) is 26.6. The van der Waals surface area contributed by atoms with E-state index in [1.807, 2.05) is 12.1 Å². The van der Waals surface area contributed by atoms with Gasteiger partial charge in [-0.3, -0.25) is 4.79 Å². The second kappa shape index (κ2) is 11.6. The zero-order valence-electron chi connectivity index (χ0n) is 19.5. The minimum atomic E-state index is -3.88. The number of urea groups is 1. The van der Waals surface area contributed by atoms with Gasteiger partial charge in [-0.25, -0.2) is 13.4 Å². The van der Waals surface area contributed by atoms with Crippen molar-refractivity contribution in [1.82, 2.24) is 9.88 Å². The maximum absolute atomic E-state index is 12.8. The van der Waals surface area contributed by atoms with E-state index in [-0.39, 0.29) is 51.4 Å². The van der Waals surface area contributed by atoms with Gasteiger partial charge in [-0.1, -0.05) is 19.1 Å². The number of rotatable bonds is 6. The Labute approximate surface area is 238 Å². The summed E-state index contributed by atoms with van der Waals surface area (Å²) < 4.78 is 34.4. The second-order valence-electron chi connectivity index (χ2n) is 8.24. The molecule has 1 N–H and O–H groups in total. The number of sulfonamides is 1. The third kappa shape index (κ3) is 6.16. The zero-order chi connectivity index (χ0) is 22.7. The average molecular weight is 497 g/mol. The number of carbonyl (C=O) groups is 1. The number of ether oxygens (including phenoxy) is 1. The molecule has 0 saturated carbocycles. The van der Waals surface area contributed by atoms with Crippen LogP contribution in [0.1, 0.15) is 37.3 Å². The zero-order valence-corrected chi connectivity index (χ0v) is 23.4. The van der Waals surface area contributed by atoms with Crippen molar-refractivity contribution in [2.75, 3.05) is 32.1 Å². The summed E-state index contributed by atoms with van der Waals surface area (Å²) in [6.45, 7) is 4.36. The van der Waals surface area contributed by atoms with E-state index >= 15 is 0 Å². The van der Waals surface area contributed by atoms with Gasteiger partial charge in [-0.05, 0) is 85.7 Å². The van der Waals surface area contributed by atoms with Crippen LogP contribution in [0.2, 0.25) is 0 Å². The molecule has 0 unspecified atom stereocenters. The number of likely N-dealkylation sites (tertiary alicyclic amines) is 1. The first-order chi connectivity index (χ1) is 15.4. The monoisotopic (exact) mass is 496 g/mol. The van der Waals surface area contributed by atoms with Gasteiger partial charge in [0.05, 0.1) is 12.4 Å². The Hall–Kier alpha value is -1.01. The van der Waals surface area contributed by atoms with Crippen LogP contribution in [0.4, 0.5) is 10.5 Å². The van der Waals surface area contributed by atoms with Crippen molar-refractivity contribution in [2.45, 2.75) is 44.3 Å². The minimum Gasteiger partial charge on any atom is -0.481 e. The number of benzene rings is 1. The number of hydrogen-bond donors (Lipinski definition) is 1. The number of fused-ring (bicyclic) bond motifs is 1. The van der Waals surface area contributed by atoms with Crippen molar-refractivity contribution in [3.05, 3.63) is 46.3 Å². The van der Waals surface area contributed by atoms with Crippen molar-refractivity contribution in [2.24, 2.45) is 0 Å². The molecular formula is C23H29KN4O4S. The second-order valence-corrected chi connectivity index (χ2v) is 10.1. The molecule has 1 aliphatic heterocycles. The summed E-state index contributed by atoms with van der Waals surface area (Å²) in [4.78, 5) is 19.1. The predicted octanol–water partition coefficient (Wildman–Crippen LogP) is 0.970. The fraction of sp³-hybridized carbons (Fsp3) is 0.478. The van der Waals surface area contributed by atoms with Crippen LogP contribution in [0, 0.1) is 0 Å². The minimum absolute atomic E-state index is 0. The first-order valence-electron chi connectivity index (χ1n) is 11.1. The maximum Gasteiger partial charge on any atom is 1.00 e. The first-order valence-corrected chi connectivity index (χ1v) is 12.6. The number of methoxy groups -OCH3 is 1. The molecule has 8 nitrogen and oxygen atoms in total. The van der Waals surface area contributed by atoms with Gasteiger partial charge < -0.3 is 19.7 Å². The van der Waals surface area contributed by atoms with E-state index < -0.39 is 21.3 Å². The van der Waals surface area contributed by atoms with Crippen LogP contribution in [0.3, 0.4) is 0 Å². The van der Waals surface area contributed by atoms with Gasteiger partial charge in [0.15, 0.2) is 16.1 Å². The molecule has 172 valence electrons. The molecule has 1 aromatic carbocycles. The Bertz CT molecular complexity index is 1100. The van der Waals surface area contributed by atoms with Crippen LogP contribution in [-0.4, -0.2) is 56.3 Å². The number of aromatic nitrogens is 1. The van der Waals surface area contributed by atoms with E-state index in [2.05, 4.69) is 32.9 Å². The Morgan fingerprint density at radius 2 is 2.00 bits per heavy atom. The summed E-state index contributed by atoms with van der Waals surface area (Å²) in [5.74, 6) is 0.464. The van der Waals surface area contributed by atoms with Crippen molar-refractivity contribution < 1.29 is 69.3 Å². The van der Waals surface area contributed by atoms with E-state index in [9.17, 15) is 13.2 Å². The molecule has 10 heteroatoms. The molecule has 1 aromatic heterocycles. The molecule has 1 aliphatic carbocycles. The quantitative estimate of drug-likeness (QED) is 0.598. The van der Waals surface area contributed by atoms with Crippen molar-refractivity contribution >= 4 is 21.7 Å². The van der Waals surface area contributed by atoms with Crippen LogP contribution < -0.4 is 61.4 Å². The van der Waals surface area contributed by atoms with Gasteiger partial charge in [-0.2, -0.15) is 0 Å². The molecule has 0 radical (unpaired) electrons. The van der Waals surface area contributed by atoms with E-state index in [0.29, 0.717) is 37.5 Å². The number of hydrogen-bond acceptors (Lipinski definition) is 6. The predicted molar refractivity (Wildman–Crippen MR) is 125 cm³/mol. The largest absolute Gasteiger partial charge is 1.00 e.